The maximum atomic E-state index is 14.7. The van der Waals surface area contributed by atoms with E-state index in [4.69, 9.17) is 9.72 Å². The number of benzene rings is 1. The van der Waals surface area contributed by atoms with Gasteiger partial charge in [0, 0.05) is 54.1 Å². The summed E-state index contributed by atoms with van der Waals surface area (Å²) in [5.74, 6) is 0.146. The average Bonchev–Trinajstić information content (AvgIpc) is 3.74. The predicted molar refractivity (Wildman–Crippen MR) is 148 cm³/mol. The van der Waals surface area contributed by atoms with Gasteiger partial charge in [-0.1, -0.05) is 0 Å². The minimum absolute atomic E-state index is 0.358. The van der Waals surface area contributed by atoms with Crippen LogP contribution < -0.4 is 4.74 Å². The number of aromatic nitrogens is 7. The number of rotatable bonds is 7. The quantitative estimate of drug-likeness (QED) is 0.300. The molecule has 39 heavy (non-hydrogen) atoms. The molecule has 6 aromatic rings. The predicted octanol–water partition coefficient (Wildman–Crippen LogP) is 5.18. The lowest BCUT2D eigenvalue weighted by molar-refractivity contribution is 0.237. The molecule has 0 saturated carbocycles. The molecule has 0 bridgehead atoms. The van der Waals surface area contributed by atoms with E-state index >= 15 is 0 Å². The highest BCUT2D eigenvalue weighted by Crippen LogP contribution is 2.34. The van der Waals surface area contributed by atoms with Crippen molar-refractivity contribution in [3.8, 4) is 39.7 Å². The van der Waals surface area contributed by atoms with Gasteiger partial charge < -0.3 is 9.72 Å². The van der Waals surface area contributed by atoms with Crippen molar-refractivity contribution in [2.75, 3.05) is 26.2 Å². The largest absolute Gasteiger partial charge is 0.492 e. The fraction of sp³-hybridized carbons (Fsp3) is 0.241. The Bertz CT molecular complexity index is 1800. The topological polar surface area (TPSA) is 101 Å². The monoisotopic (exact) mass is 522 g/mol. The van der Waals surface area contributed by atoms with Crippen LogP contribution in [-0.4, -0.2) is 66.1 Å². The molecule has 1 aliphatic heterocycles. The van der Waals surface area contributed by atoms with Gasteiger partial charge in [-0.2, -0.15) is 10.2 Å². The summed E-state index contributed by atoms with van der Waals surface area (Å²) in [6.07, 6.45) is 7.90. The molecule has 0 spiro atoms. The molecule has 1 aromatic carbocycles. The second-order valence-electron chi connectivity index (χ2n) is 9.94. The number of hydrogen-bond donors (Lipinski definition) is 2. The summed E-state index contributed by atoms with van der Waals surface area (Å²) in [4.78, 5) is 15.3. The molecule has 0 aliphatic carbocycles. The number of H-pyrrole nitrogens is 2. The third kappa shape index (κ3) is 4.52. The summed E-state index contributed by atoms with van der Waals surface area (Å²) in [6.45, 7) is 3.57. The van der Waals surface area contributed by atoms with Crippen molar-refractivity contribution >= 4 is 21.9 Å². The van der Waals surface area contributed by atoms with E-state index in [1.54, 1.807) is 17.1 Å². The Hall–Kier alpha value is -4.57. The van der Waals surface area contributed by atoms with Crippen LogP contribution in [0.3, 0.4) is 0 Å². The molecule has 10 heteroatoms. The van der Waals surface area contributed by atoms with Crippen LogP contribution in [0.15, 0.2) is 61.1 Å². The first-order chi connectivity index (χ1) is 19.1. The van der Waals surface area contributed by atoms with Crippen LogP contribution in [0, 0.1) is 5.82 Å². The zero-order chi connectivity index (χ0) is 26.3. The molecule has 196 valence electrons. The highest BCUT2D eigenvalue weighted by molar-refractivity contribution is 5.99. The molecule has 7 rings (SSSR count). The molecule has 1 saturated heterocycles. The molecule has 6 heterocycles. The Morgan fingerprint density at radius 3 is 2.74 bits per heavy atom. The first-order valence-electron chi connectivity index (χ1n) is 13.1. The van der Waals surface area contributed by atoms with Crippen molar-refractivity contribution in [3.05, 3.63) is 66.9 Å². The molecule has 1 aliphatic rings. The number of nitrogens with one attached hydrogen (secondary N) is 2. The first kappa shape index (κ1) is 23.5. The molecular weight excluding hydrogens is 495 g/mol. The Labute approximate surface area is 223 Å². The van der Waals surface area contributed by atoms with Crippen molar-refractivity contribution in [3.63, 3.8) is 0 Å². The van der Waals surface area contributed by atoms with Crippen molar-refractivity contribution in [2.45, 2.75) is 12.8 Å². The summed E-state index contributed by atoms with van der Waals surface area (Å²) in [6, 6.07) is 12.6. The lowest BCUT2D eigenvalue weighted by Gasteiger charge is -2.15. The summed E-state index contributed by atoms with van der Waals surface area (Å²) in [5, 5.41) is 12.8. The molecule has 2 N–H and O–H groups in total. The number of nitrogens with zero attached hydrogens (tertiary/aromatic N) is 6. The Balaban J connectivity index is 1.23. The number of likely N-dealkylation sites (tertiary alicyclic amines) is 1. The van der Waals surface area contributed by atoms with Gasteiger partial charge in [0.05, 0.1) is 28.8 Å². The highest BCUT2D eigenvalue weighted by atomic mass is 19.1. The summed E-state index contributed by atoms with van der Waals surface area (Å²) in [7, 11) is 1.88. The molecule has 0 radical (unpaired) electrons. The van der Waals surface area contributed by atoms with Crippen LogP contribution in [0.5, 0.6) is 5.75 Å². The van der Waals surface area contributed by atoms with Crippen LogP contribution in [-0.2, 0) is 7.05 Å². The van der Waals surface area contributed by atoms with Gasteiger partial charge in [-0.05, 0) is 62.3 Å². The van der Waals surface area contributed by atoms with Crippen LogP contribution in [0.1, 0.15) is 12.8 Å². The third-order valence-electron chi connectivity index (χ3n) is 7.23. The number of aromatic amines is 2. The molecule has 5 aromatic heterocycles. The Morgan fingerprint density at radius 2 is 1.90 bits per heavy atom. The van der Waals surface area contributed by atoms with Crippen molar-refractivity contribution in [1.29, 1.82) is 0 Å². The lowest BCUT2D eigenvalue weighted by atomic mass is 10.1. The summed E-state index contributed by atoms with van der Waals surface area (Å²) in [5.41, 5.74) is 7.01. The molecule has 0 atom stereocenters. The smallest absolute Gasteiger partial charge is 0.135 e. The van der Waals surface area contributed by atoms with E-state index in [0.29, 0.717) is 29.3 Å². The van der Waals surface area contributed by atoms with Crippen molar-refractivity contribution < 1.29 is 9.13 Å². The van der Waals surface area contributed by atoms with Gasteiger partial charge >= 0.3 is 0 Å². The Kier molecular flexibility index (Phi) is 5.81. The van der Waals surface area contributed by atoms with E-state index in [-0.39, 0.29) is 5.82 Å². The van der Waals surface area contributed by atoms with Crippen molar-refractivity contribution in [2.24, 2.45) is 7.05 Å². The van der Waals surface area contributed by atoms with Gasteiger partial charge in [0.1, 0.15) is 29.4 Å². The number of fused-ring (bicyclic) bond motifs is 2. The van der Waals surface area contributed by atoms with Gasteiger partial charge in [0.2, 0.25) is 0 Å². The fourth-order valence-corrected chi connectivity index (χ4v) is 5.29. The van der Waals surface area contributed by atoms with Crippen LogP contribution in [0.2, 0.25) is 0 Å². The number of pyridine rings is 2. The summed E-state index contributed by atoms with van der Waals surface area (Å²) < 4.78 is 22.4. The zero-order valence-corrected chi connectivity index (χ0v) is 21.5. The second kappa shape index (κ2) is 9.63. The van der Waals surface area contributed by atoms with Crippen molar-refractivity contribution in [1.82, 2.24) is 39.8 Å². The maximum absolute atomic E-state index is 14.7. The standard InChI is InChI=1S/C29H27FN8O/c1-37-17-19(16-32-37)23-4-5-25-28(34-23)29(36-35-25)26-15-22-24(33-26)6-7-31-27(22)18-12-20(30)14-21(13-18)39-11-10-38-8-2-3-9-38/h4-7,12-17,33H,2-3,8-11H2,1H3,(H,35,36). The normalized spacial score (nSPS) is 14.1. The van der Waals surface area contributed by atoms with E-state index in [2.05, 4.69) is 30.2 Å². The van der Waals surface area contributed by atoms with Gasteiger partial charge in [-0.25, -0.2) is 9.37 Å². The van der Waals surface area contributed by atoms with Gasteiger partial charge in [0.25, 0.3) is 0 Å². The van der Waals surface area contributed by atoms with Crippen LogP contribution in [0.25, 0.3) is 55.8 Å². The molecular formula is C29H27FN8O. The minimum Gasteiger partial charge on any atom is -0.492 e. The zero-order valence-electron chi connectivity index (χ0n) is 21.5. The highest BCUT2D eigenvalue weighted by Gasteiger charge is 2.17. The molecule has 0 amide bonds. The third-order valence-corrected chi connectivity index (χ3v) is 7.23. The van der Waals surface area contributed by atoms with Gasteiger partial charge in [-0.15, -0.1) is 0 Å². The van der Waals surface area contributed by atoms with Gasteiger partial charge in [0.15, 0.2) is 0 Å². The molecule has 1 fully saturated rings. The number of aryl methyl sites for hydroxylation is 1. The number of ether oxygens (including phenoxy) is 1. The summed E-state index contributed by atoms with van der Waals surface area (Å²) >= 11 is 0. The van der Waals surface area contributed by atoms with Gasteiger partial charge in [-0.3, -0.25) is 19.7 Å². The van der Waals surface area contributed by atoms with E-state index in [9.17, 15) is 4.39 Å². The SMILES string of the molecule is Cn1cc(-c2ccc3[nH]nc(-c4cc5c(-c6cc(F)cc(OCCN7CCCC7)c6)nccc5[nH]4)c3n2)cn1. The average molecular weight is 523 g/mol. The molecule has 9 nitrogen and oxygen atoms in total. The minimum atomic E-state index is -0.358. The Morgan fingerprint density at radius 1 is 1.00 bits per heavy atom. The van der Waals surface area contributed by atoms with E-state index in [1.165, 1.54) is 25.0 Å². The first-order valence-corrected chi connectivity index (χ1v) is 13.1. The lowest BCUT2D eigenvalue weighted by Crippen LogP contribution is -2.25. The molecule has 0 unspecified atom stereocenters. The maximum Gasteiger partial charge on any atom is 0.135 e. The van der Waals surface area contributed by atoms with E-state index in [1.807, 2.05) is 43.6 Å². The van der Waals surface area contributed by atoms with E-state index in [0.717, 1.165) is 58.5 Å². The number of hydrogen-bond acceptors (Lipinski definition) is 6. The number of halogens is 1. The van der Waals surface area contributed by atoms with Crippen LogP contribution in [0.4, 0.5) is 4.39 Å². The van der Waals surface area contributed by atoms with E-state index < -0.39 is 0 Å². The second-order valence-corrected chi connectivity index (χ2v) is 9.94. The van der Waals surface area contributed by atoms with Crippen LogP contribution >= 0.6 is 0 Å². The fourth-order valence-electron chi connectivity index (χ4n) is 5.29.